The van der Waals surface area contributed by atoms with Crippen LogP contribution in [0.3, 0.4) is 0 Å². The van der Waals surface area contributed by atoms with Crippen LogP contribution in [0.25, 0.3) is 0 Å². The van der Waals surface area contributed by atoms with Gasteiger partial charge in [0, 0.05) is 5.56 Å². The Morgan fingerprint density at radius 3 is 3.05 bits per heavy atom. The number of rotatable bonds is 5. The van der Waals surface area contributed by atoms with Crippen molar-refractivity contribution in [1.82, 2.24) is 15.6 Å². The smallest absolute Gasteiger partial charge is 0.290 e. The lowest BCUT2D eigenvalue weighted by Gasteiger charge is -2.04. The zero-order valence-corrected chi connectivity index (χ0v) is 13.2. The summed E-state index contributed by atoms with van der Waals surface area (Å²) in [6, 6.07) is 5.32. The lowest BCUT2D eigenvalue weighted by Crippen LogP contribution is -2.19. The summed E-state index contributed by atoms with van der Waals surface area (Å²) in [7, 11) is 0. The Morgan fingerprint density at radius 1 is 1.57 bits per heavy atom. The molecule has 1 aromatic carbocycles. The van der Waals surface area contributed by atoms with E-state index in [-0.39, 0.29) is 5.75 Å². The fourth-order valence-corrected chi connectivity index (χ4v) is 2.19. The number of hydrazone groups is 1. The molecule has 0 bridgehead atoms. The minimum atomic E-state index is -0.394. The number of aromatic nitrogens is 2. The van der Waals surface area contributed by atoms with E-state index >= 15 is 0 Å². The van der Waals surface area contributed by atoms with Crippen molar-refractivity contribution >= 4 is 34.7 Å². The van der Waals surface area contributed by atoms with Gasteiger partial charge in [0.25, 0.3) is 5.91 Å². The molecule has 0 fully saturated rings. The molecule has 0 aliphatic rings. The molecule has 2 rings (SSSR count). The van der Waals surface area contributed by atoms with Crippen molar-refractivity contribution in [3.05, 3.63) is 57.4 Å². The van der Waals surface area contributed by atoms with Crippen LogP contribution in [0.2, 0.25) is 0 Å². The van der Waals surface area contributed by atoms with Crippen LogP contribution >= 0.6 is 22.6 Å². The second-order valence-corrected chi connectivity index (χ2v) is 5.30. The van der Waals surface area contributed by atoms with Crippen LogP contribution in [0.1, 0.15) is 21.6 Å². The molecule has 0 aliphatic carbocycles. The standard InChI is InChI=1S/C14H13IN4O2/c1-2-4-9-5-3-6-10(13(9)20)7-16-19-14(21)12-11(15)8-17-18-12/h2-3,5-8,20H,1,4H2,(H,17,18)(H,19,21)/b16-7+. The molecule has 1 heterocycles. The Bertz CT molecular complexity index is 694. The van der Waals surface area contributed by atoms with Crippen molar-refractivity contribution in [3.63, 3.8) is 0 Å². The first-order valence-corrected chi connectivity index (χ1v) is 7.15. The Morgan fingerprint density at radius 2 is 2.38 bits per heavy atom. The Hall–Kier alpha value is -2.16. The highest BCUT2D eigenvalue weighted by atomic mass is 127. The van der Waals surface area contributed by atoms with Gasteiger partial charge in [-0.1, -0.05) is 18.2 Å². The van der Waals surface area contributed by atoms with E-state index in [4.69, 9.17) is 0 Å². The second kappa shape index (κ2) is 7.02. The highest BCUT2D eigenvalue weighted by Gasteiger charge is 2.10. The van der Waals surface area contributed by atoms with Crippen molar-refractivity contribution in [2.24, 2.45) is 5.10 Å². The molecule has 1 amide bonds. The zero-order valence-electron chi connectivity index (χ0n) is 11.0. The molecule has 6 nitrogen and oxygen atoms in total. The molecule has 0 radical (unpaired) electrons. The average molecular weight is 396 g/mol. The first-order valence-electron chi connectivity index (χ1n) is 6.07. The third-order valence-electron chi connectivity index (χ3n) is 2.70. The molecule has 0 spiro atoms. The average Bonchev–Trinajstić information content (AvgIpc) is 2.89. The maximum absolute atomic E-state index is 11.8. The number of amides is 1. The lowest BCUT2D eigenvalue weighted by molar-refractivity contribution is 0.0949. The van der Waals surface area contributed by atoms with Crippen LogP contribution in [0.15, 0.2) is 42.2 Å². The number of hydrogen-bond donors (Lipinski definition) is 3. The highest BCUT2D eigenvalue weighted by molar-refractivity contribution is 14.1. The summed E-state index contributed by atoms with van der Waals surface area (Å²) in [6.07, 6.45) is 5.21. The van der Waals surface area contributed by atoms with Gasteiger partial charge in [-0.2, -0.15) is 10.2 Å². The van der Waals surface area contributed by atoms with Crippen LogP contribution in [0, 0.1) is 3.57 Å². The molecule has 0 saturated heterocycles. The number of hydrogen-bond acceptors (Lipinski definition) is 4. The zero-order chi connectivity index (χ0) is 15.2. The number of H-pyrrole nitrogens is 1. The van der Waals surface area contributed by atoms with Gasteiger partial charge in [-0.15, -0.1) is 6.58 Å². The molecule has 2 aromatic rings. The summed E-state index contributed by atoms with van der Waals surface area (Å²) in [5.74, 6) is -0.263. The van der Waals surface area contributed by atoms with Crippen molar-refractivity contribution in [2.75, 3.05) is 0 Å². The third kappa shape index (κ3) is 3.69. The van der Waals surface area contributed by atoms with Gasteiger partial charge in [0.2, 0.25) is 0 Å². The Balaban J connectivity index is 2.08. The Labute approximate surface area is 135 Å². The quantitative estimate of drug-likeness (QED) is 0.313. The van der Waals surface area contributed by atoms with Gasteiger partial charge in [-0.05, 0) is 40.6 Å². The number of phenolic OH excluding ortho intramolecular Hbond substituents is 1. The minimum Gasteiger partial charge on any atom is -0.507 e. The van der Waals surface area contributed by atoms with Gasteiger partial charge in [0.05, 0.1) is 16.0 Å². The summed E-state index contributed by atoms with van der Waals surface area (Å²) >= 11 is 2.00. The van der Waals surface area contributed by atoms with E-state index in [1.54, 1.807) is 30.5 Å². The molecule has 0 atom stereocenters. The van der Waals surface area contributed by atoms with Gasteiger partial charge < -0.3 is 5.11 Å². The molecule has 7 heteroatoms. The highest BCUT2D eigenvalue weighted by Crippen LogP contribution is 2.21. The van der Waals surface area contributed by atoms with Crippen molar-refractivity contribution in [2.45, 2.75) is 6.42 Å². The summed E-state index contributed by atoms with van der Waals surface area (Å²) in [4.78, 5) is 11.8. The molecular formula is C14H13IN4O2. The number of aromatic hydroxyl groups is 1. The van der Waals surface area contributed by atoms with E-state index in [0.717, 1.165) is 5.56 Å². The number of phenols is 1. The molecule has 0 aliphatic heterocycles. The number of aromatic amines is 1. The number of carbonyl (C=O) groups is 1. The maximum Gasteiger partial charge on any atom is 0.290 e. The van der Waals surface area contributed by atoms with E-state index in [9.17, 15) is 9.90 Å². The monoisotopic (exact) mass is 396 g/mol. The minimum absolute atomic E-state index is 0.131. The first-order chi connectivity index (χ1) is 10.1. The van der Waals surface area contributed by atoms with E-state index in [1.807, 2.05) is 22.6 Å². The first kappa shape index (κ1) is 15.2. The van der Waals surface area contributed by atoms with Gasteiger partial charge in [-0.3, -0.25) is 9.89 Å². The second-order valence-electron chi connectivity index (χ2n) is 4.14. The van der Waals surface area contributed by atoms with E-state index in [2.05, 4.69) is 27.3 Å². The number of allylic oxidation sites excluding steroid dienone is 1. The summed E-state index contributed by atoms with van der Waals surface area (Å²) in [5.41, 5.74) is 4.00. The fraction of sp³-hybridized carbons (Fsp3) is 0.0714. The van der Waals surface area contributed by atoms with E-state index < -0.39 is 5.91 Å². The summed E-state index contributed by atoms with van der Waals surface area (Å²) in [5, 5.41) is 20.2. The van der Waals surface area contributed by atoms with Crippen molar-refractivity contribution < 1.29 is 9.90 Å². The summed E-state index contributed by atoms with van der Waals surface area (Å²) < 4.78 is 0.705. The molecule has 3 N–H and O–H groups in total. The predicted molar refractivity (Wildman–Crippen MR) is 88.4 cm³/mol. The van der Waals surface area contributed by atoms with Crippen LogP contribution in [-0.4, -0.2) is 27.4 Å². The predicted octanol–water partition coefficient (Wildman–Crippen LogP) is 2.21. The molecular weight excluding hydrogens is 383 g/mol. The van der Waals surface area contributed by atoms with E-state index in [0.29, 0.717) is 21.2 Å². The molecule has 1 aromatic heterocycles. The third-order valence-corrected chi connectivity index (χ3v) is 3.52. The normalized spacial score (nSPS) is 10.7. The van der Waals surface area contributed by atoms with Crippen LogP contribution in [0.4, 0.5) is 0 Å². The number of benzene rings is 1. The lowest BCUT2D eigenvalue weighted by atomic mass is 10.1. The number of nitrogens with zero attached hydrogens (tertiary/aromatic N) is 2. The maximum atomic E-state index is 11.8. The number of halogens is 1. The number of nitrogens with one attached hydrogen (secondary N) is 2. The van der Waals surface area contributed by atoms with Crippen LogP contribution < -0.4 is 5.43 Å². The van der Waals surface area contributed by atoms with Gasteiger partial charge >= 0.3 is 0 Å². The SMILES string of the molecule is C=CCc1cccc(/C=N/NC(=O)c2[nH]ncc2I)c1O. The fourth-order valence-electron chi connectivity index (χ4n) is 1.68. The number of carbonyl (C=O) groups excluding carboxylic acids is 1. The van der Waals surface area contributed by atoms with Crippen molar-refractivity contribution in [3.8, 4) is 5.75 Å². The molecule has 0 saturated carbocycles. The number of para-hydroxylation sites is 1. The molecule has 21 heavy (non-hydrogen) atoms. The van der Waals surface area contributed by atoms with Crippen molar-refractivity contribution in [1.29, 1.82) is 0 Å². The Kier molecular flexibility index (Phi) is 5.09. The van der Waals surface area contributed by atoms with Crippen LogP contribution in [-0.2, 0) is 6.42 Å². The largest absolute Gasteiger partial charge is 0.507 e. The molecule has 108 valence electrons. The van der Waals surface area contributed by atoms with Gasteiger partial charge in [0.15, 0.2) is 0 Å². The topological polar surface area (TPSA) is 90.4 Å². The van der Waals surface area contributed by atoms with Crippen LogP contribution in [0.5, 0.6) is 5.75 Å². The van der Waals surface area contributed by atoms with Gasteiger partial charge in [-0.25, -0.2) is 5.43 Å². The molecule has 0 unspecified atom stereocenters. The van der Waals surface area contributed by atoms with Gasteiger partial charge in [0.1, 0.15) is 11.4 Å². The summed E-state index contributed by atoms with van der Waals surface area (Å²) in [6.45, 7) is 3.64. The van der Waals surface area contributed by atoms with E-state index in [1.165, 1.54) is 6.21 Å².